The molecule has 1 N–H and O–H groups in total. The molecule has 0 aromatic heterocycles. The Balaban J connectivity index is 2.03. The SMILES string of the molecule is CN1CCO[C@@H](C(=O)Nc2ccc(Cl)c(OC(F)F)c2)C1. The van der Waals surface area contributed by atoms with Gasteiger partial charge in [-0.1, -0.05) is 11.6 Å². The lowest BCUT2D eigenvalue weighted by atomic mass is 10.2. The fraction of sp³-hybridized carbons (Fsp3) is 0.462. The number of likely N-dealkylation sites (N-methyl/N-ethyl adjacent to an activating group) is 1. The van der Waals surface area contributed by atoms with Gasteiger partial charge in [0, 0.05) is 24.8 Å². The second-order valence-electron chi connectivity index (χ2n) is 4.63. The number of hydrogen-bond donors (Lipinski definition) is 1. The number of morpholine rings is 1. The molecule has 1 fully saturated rings. The summed E-state index contributed by atoms with van der Waals surface area (Å²) in [5, 5.41) is 2.64. The van der Waals surface area contributed by atoms with Crippen LogP contribution in [-0.4, -0.2) is 50.3 Å². The maximum absolute atomic E-state index is 12.2. The number of hydrogen-bond acceptors (Lipinski definition) is 4. The quantitative estimate of drug-likeness (QED) is 0.924. The molecular weight excluding hydrogens is 306 g/mol. The summed E-state index contributed by atoms with van der Waals surface area (Å²) in [5.74, 6) is -0.530. The van der Waals surface area contributed by atoms with Crippen LogP contribution in [0.15, 0.2) is 18.2 Å². The van der Waals surface area contributed by atoms with Gasteiger partial charge in [0.25, 0.3) is 5.91 Å². The van der Waals surface area contributed by atoms with Gasteiger partial charge in [0.05, 0.1) is 11.6 Å². The van der Waals surface area contributed by atoms with E-state index in [1.54, 1.807) is 0 Å². The molecule has 1 atom stereocenters. The first-order chi connectivity index (χ1) is 9.95. The molecule has 8 heteroatoms. The molecule has 5 nitrogen and oxygen atoms in total. The molecule has 116 valence electrons. The third kappa shape index (κ3) is 4.52. The van der Waals surface area contributed by atoms with Crippen LogP contribution in [0, 0.1) is 0 Å². The maximum Gasteiger partial charge on any atom is 0.387 e. The van der Waals surface area contributed by atoms with Crippen LogP contribution < -0.4 is 10.1 Å². The zero-order valence-corrected chi connectivity index (χ0v) is 12.1. The van der Waals surface area contributed by atoms with Gasteiger partial charge in [0.15, 0.2) is 0 Å². The fourth-order valence-corrected chi connectivity index (χ4v) is 2.09. The predicted octanol–water partition coefficient (Wildman–Crippen LogP) is 2.21. The average molecular weight is 321 g/mol. The molecule has 1 heterocycles. The summed E-state index contributed by atoms with van der Waals surface area (Å²) < 4.78 is 34.1. The fourth-order valence-electron chi connectivity index (χ4n) is 1.93. The standard InChI is InChI=1S/C13H15ClF2N2O3/c1-18-4-5-20-11(7-18)12(19)17-8-2-3-9(14)10(6-8)21-13(15)16/h2-3,6,11,13H,4-5,7H2,1H3,(H,17,19)/t11-/m1/s1. The molecule has 0 unspecified atom stereocenters. The molecule has 0 radical (unpaired) electrons. The van der Waals surface area contributed by atoms with Gasteiger partial charge in [-0.3, -0.25) is 4.79 Å². The van der Waals surface area contributed by atoms with Crippen molar-refractivity contribution in [1.82, 2.24) is 4.90 Å². The minimum absolute atomic E-state index is 0.0435. The number of carbonyl (C=O) groups excluding carboxylic acids is 1. The lowest BCUT2D eigenvalue weighted by molar-refractivity contribution is -0.132. The molecule has 0 spiro atoms. The summed E-state index contributed by atoms with van der Waals surface area (Å²) in [6, 6.07) is 4.13. The second-order valence-corrected chi connectivity index (χ2v) is 5.04. The number of anilines is 1. The van der Waals surface area contributed by atoms with Crippen molar-refractivity contribution >= 4 is 23.2 Å². The molecule has 1 aromatic carbocycles. The molecular formula is C13H15ClF2N2O3. The number of alkyl halides is 2. The van der Waals surface area contributed by atoms with E-state index in [9.17, 15) is 13.6 Å². The van der Waals surface area contributed by atoms with Gasteiger partial charge in [-0.2, -0.15) is 8.78 Å². The van der Waals surface area contributed by atoms with Crippen molar-refractivity contribution in [3.05, 3.63) is 23.2 Å². The van der Waals surface area contributed by atoms with Gasteiger partial charge < -0.3 is 19.7 Å². The molecule has 1 saturated heterocycles. The van der Waals surface area contributed by atoms with E-state index < -0.39 is 12.7 Å². The van der Waals surface area contributed by atoms with E-state index in [1.165, 1.54) is 18.2 Å². The zero-order valence-electron chi connectivity index (χ0n) is 11.3. The first-order valence-corrected chi connectivity index (χ1v) is 6.69. The van der Waals surface area contributed by atoms with Crippen LogP contribution in [0.2, 0.25) is 5.02 Å². The molecule has 2 rings (SSSR count). The first-order valence-electron chi connectivity index (χ1n) is 6.31. The number of carbonyl (C=O) groups is 1. The van der Waals surface area contributed by atoms with E-state index in [4.69, 9.17) is 16.3 Å². The summed E-state index contributed by atoms with van der Waals surface area (Å²) in [4.78, 5) is 14.0. The van der Waals surface area contributed by atoms with Gasteiger partial charge in [0.1, 0.15) is 11.9 Å². The third-order valence-corrected chi connectivity index (χ3v) is 3.29. The Morgan fingerprint density at radius 1 is 1.57 bits per heavy atom. The second kappa shape index (κ2) is 7.02. The number of halogens is 3. The number of ether oxygens (including phenoxy) is 2. The van der Waals surface area contributed by atoms with Crippen LogP contribution >= 0.6 is 11.6 Å². The Labute approximate surface area is 125 Å². The zero-order chi connectivity index (χ0) is 15.4. The van der Waals surface area contributed by atoms with Crippen molar-refractivity contribution in [2.45, 2.75) is 12.7 Å². The summed E-state index contributed by atoms with van der Waals surface area (Å²) in [5.41, 5.74) is 0.317. The van der Waals surface area contributed by atoms with Gasteiger partial charge in [-0.15, -0.1) is 0 Å². The highest BCUT2D eigenvalue weighted by atomic mass is 35.5. The molecule has 0 aliphatic carbocycles. The number of nitrogens with one attached hydrogen (secondary N) is 1. The largest absolute Gasteiger partial charge is 0.433 e. The molecule has 1 aliphatic rings. The Kier molecular flexibility index (Phi) is 5.33. The lowest BCUT2D eigenvalue weighted by Gasteiger charge is -2.29. The average Bonchev–Trinajstić information content (AvgIpc) is 2.42. The Morgan fingerprint density at radius 3 is 3.00 bits per heavy atom. The summed E-state index contributed by atoms with van der Waals surface area (Å²) in [6.45, 7) is -1.28. The number of benzene rings is 1. The van der Waals surface area contributed by atoms with Crippen LogP contribution in [-0.2, 0) is 9.53 Å². The highest BCUT2D eigenvalue weighted by Gasteiger charge is 2.25. The van der Waals surface area contributed by atoms with Gasteiger partial charge >= 0.3 is 6.61 Å². The molecule has 1 aromatic rings. The van der Waals surface area contributed by atoms with Crippen LogP contribution in [0.1, 0.15) is 0 Å². The molecule has 1 amide bonds. The predicted molar refractivity (Wildman–Crippen MR) is 74.0 cm³/mol. The summed E-state index contributed by atoms with van der Waals surface area (Å²) >= 11 is 5.74. The van der Waals surface area contributed by atoms with Crippen molar-refractivity contribution in [3.8, 4) is 5.75 Å². The van der Waals surface area contributed by atoms with Crippen LogP contribution in [0.25, 0.3) is 0 Å². The first kappa shape index (κ1) is 15.9. The highest BCUT2D eigenvalue weighted by Crippen LogP contribution is 2.29. The minimum atomic E-state index is -2.98. The van der Waals surface area contributed by atoms with Crippen molar-refractivity contribution in [3.63, 3.8) is 0 Å². The van der Waals surface area contributed by atoms with Gasteiger partial charge in [-0.25, -0.2) is 0 Å². The van der Waals surface area contributed by atoms with Crippen molar-refractivity contribution in [2.75, 3.05) is 32.1 Å². The Hall–Kier alpha value is -1.44. The van der Waals surface area contributed by atoms with Crippen LogP contribution in [0.4, 0.5) is 14.5 Å². The topological polar surface area (TPSA) is 50.8 Å². The van der Waals surface area contributed by atoms with E-state index in [0.717, 1.165) is 6.54 Å². The molecule has 0 saturated carbocycles. The van der Waals surface area contributed by atoms with E-state index >= 15 is 0 Å². The molecule has 21 heavy (non-hydrogen) atoms. The number of rotatable bonds is 4. The van der Waals surface area contributed by atoms with Crippen molar-refractivity contribution in [1.29, 1.82) is 0 Å². The Morgan fingerprint density at radius 2 is 2.33 bits per heavy atom. The highest BCUT2D eigenvalue weighted by molar-refractivity contribution is 6.32. The third-order valence-electron chi connectivity index (χ3n) is 2.98. The lowest BCUT2D eigenvalue weighted by Crippen LogP contribution is -2.46. The van der Waals surface area contributed by atoms with E-state index in [-0.39, 0.29) is 16.7 Å². The maximum atomic E-state index is 12.2. The molecule has 0 bridgehead atoms. The number of nitrogens with zero attached hydrogens (tertiary/aromatic N) is 1. The monoisotopic (exact) mass is 320 g/mol. The minimum Gasteiger partial charge on any atom is -0.433 e. The van der Waals surface area contributed by atoms with Gasteiger partial charge in [0.2, 0.25) is 0 Å². The summed E-state index contributed by atoms with van der Waals surface area (Å²) in [6.07, 6.45) is -0.598. The normalized spacial score (nSPS) is 19.6. The molecule has 1 aliphatic heterocycles. The number of amides is 1. The van der Waals surface area contributed by atoms with Crippen molar-refractivity contribution < 1.29 is 23.0 Å². The van der Waals surface area contributed by atoms with E-state index in [1.807, 2.05) is 11.9 Å². The smallest absolute Gasteiger partial charge is 0.387 e. The van der Waals surface area contributed by atoms with Crippen molar-refractivity contribution in [2.24, 2.45) is 0 Å². The van der Waals surface area contributed by atoms with E-state index in [0.29, 0.717) is 18.8 Å². The summed E-state index contributed by atoms with van der Waals surface area (Å²) in [7, 11) is 1.89. The van der Waals surface area contributed by atoms with Crippen LogP contribution in [0.3, 0.4) is 0 Å². The Bertz CT molecular complexity index is 516. The van der Waals surface area contributed by atoms with Gasteiger partial charge in [-0.05, 0) is 19.2 Å². The van der Waals surface area contributed by atoms with Crippen LogP contribution in [0.5, 0.6) is 5.75 Å². The van der Waals surface area contributed by atoms with E-state index in [2.05, 4.69) is 10.1 Å².